The summed E-state index contributed by atoms with van der Waals surface area (Å²) in [6, 6.07) is 13.3. The summed E-state index contributed by atoms with van der Waals surface area (Å²) in [4.78, 5) is 0. The van der Waals surface area contributed by atoms with Crippen molar-refractivity contribution >= 4 is 16.5 Å². The first-order chi connectivity index (χ1) is 8.24. The van der Waals surface area contributed by atoms with Crippen LogP contribution in [0, 0.1) is 5.92 Å². The largest absolute Gasteiger partial charge is 0.398 e. The zero-order chi connectivity index (χ0) is 11.8. The Kier molecular flexibility index (Phi) is 2.52. The Bertz CT molecular complexity index is 548. The van der Waals surface area contributed by atoms with Crippen LogP contribution in [0.15, 0.2) is 36.4 Å². The van der Waals surface area contributed by atoms with Crippen molar-refractivity contribution in [2.45, 2.75) is 25.9 Å². The fourth-order valence-electron chi connectivity index (χ4n) is 2.31. The molecule has 2 aromatic carbocycles. The second-order valence-corrected chi connectivity index (χ2v) is 5.10. The topological polar surface area (TPSA) is 38.0 Å². The zero-order valence-corrected chi connectivity index (χ0v) is 10.1. The maximum absolute atomic E-state index is 6.09. The van der Waals surface area contributed by atoms with Gasteiger partial charge >= 0.3 is 0 Å². The monoisotopic (exact) mass is 226 g/mol. The molecule has 3 N–H and O–H groups in total. The van der Waals surface area contributed by atoms with E-state index in [1.54, 1.807) is 0 Å². The lowest BCUT2D eigenvalue weighted by Crippen LogP contribution is -2.17. The normalized spacial score (nSPS) is 22.9. The van der Waals surface area contributed by atoms with Gasteiger partial charge in [-0.1, -0.05) is 31.2 Å². The molecule has 88 valence electrons. The highest BCUT2D eigenvalue weighted by atomic mass is 15.0. The van der Waals surface area contributed by atoms with Crippen molar-refractivity contribution in [3.05, 3.63) is 42.0 Å². The molecule has 1 saturated carbocycles. The van der Waals surface area contributed by atoms with E-state index < -0.39 is 0 Å². The molecule has 0 aliphatic heterocycles. The van der Waals surface area contributed by atoms with E-state index in [1.807, 2.05) is 6.07 Å². The van der Waals surface area contributed by atoms with Gasteiger partial charge in [0.15, 0.2) is 0 Å². The van der Waals surface area contributed by atoms with Gasteiger partial charge in [0, 0.05) is 18.3 Å². The van der Waals surface area contributed by atoms with Crippen LogP contribution >= 0.6 is 0 Å². The molecule has 1 fully saturated rings. The molecule has 1 aliphatic rings. The number of anilines is 1. The lowest BCUT2D eigenvalue weighted by molar-refractivity contribution is 0.654. The van der Waals surface area contributed by atoms with E-state index in [1.165, 1.54) is 22.8 Å². The van der Waals surface area contributed by atoms with E-state index >= 15 is 0 Å². The molecule has 3 rings (SSSR count). The number of nitrogens with two attached hydrogens (primary N) is 1. The molecule has 2 heteroatoms. The summed E-state index contributed by atoms with van der Waals surface area (Å²) in [5.74, 6) is 0.830. The summed E-state index contributed by atoms with van der Waals surface area (Å²) in [5, 5.41) is 6.03. The molecule has 2 unspecified atom stereocenters. The molecule has 0 radical (unpaired) electrons. The van der Waals surface area contributed by atoms with Gasteiger partial charge in [-0.15, -0.1) is 0 Å². The maximum atomic E-state index is 6.09. The molecule has 2 nitrogen and oxygen atoms in total. The van der Waals surface area contributed by atoms with E-state index in [0.29, 0.717) is 6.04 Å². The number of benzene rings is 2. The molecule has 2 atom stereocenters. The fraction of sp³-hybridized carbons (Fsp3) is 0.333. The number of fused-ring (bicyclic) bond motifs is 1. The molecule has 0 amide bonds. The molecule has 1 aliphatic carbocycles. The molecule has 0 heterocycles. The molecule has 2 aromatic rings. The van der Waals surface area contributed by atoms with Crippen LogP contribution in [0.2, 0.25) is 0 Å². The van der Waals surface area contributed by atoms with E-state index in [9.17, 15) is 0 Å². The van der Waals surface area contributed by atoms with E-state index in [-0.39, 0.29) is 0 Å². The Balaban J connectivity index is 1.85. The molecule has 0 bridgehead atoms. The first-order valence-electron chi connectivity index (χ1n) is 6.24. The van der Waals surface area contributed by atoms with E-state index in [2.05, 4.69) is 42.6 Å². The summed E-state index contributed by atoms with van der Waals surface area (Å²) in [5.41, 5.74) is 8.19. The van der Waals surface area contributed by atoms with Crippen molar-refractivity contribution in [3.63, 3.8) is 0 Å². The quantitative estimate of drug-likeness (QED) is 0.790. The molecule has 0 saturated heterocycles. The summed E-state index contributed by atoms with van der Waals surface area (Å²) in [6.45, 7) is 3.16. The number of rotatable bonds is 3. The van der Waals surface area contributed by atoms with Crippen molar-refractivity contribution in [1.29, 1.82) is 0 Å². The Morgan fingerprint density at radius 1 is 1.24 bits per heavy atom. The van der Waals surface area contributed by atoms with Gasteiger partial charge < -0.3 is 11.1 Å². The number of hydrogen-bond donors (Lipinski definition) is 2. The number of nitrogens with one attached hydrogen (secondary N) is 1. The van der Waals surface area contributed by atoms with Gasteiger partial charge in [0.1, 0.15) is 0 Å². The van der Waals surface area contributed by atoms with Crippen molar-refractivity contribution in [2.75, 3.05) is 5.73 Å². The Hall–Kier alpha value is -1.54. The highest BCUT2D eigenvalue weighted by Crippen LogP contribution is 2.30. The summed E-state index contributed by atoms with van der Waals surface area (Å²) in [6.07, 6.45) is 1.30. The maximum Gasteiger partial charge on any atom is 0.0366 e. The van der Waals surface area contributed by atoms with Crippen LogP contribution in [0.4, 0.5) is 5.69 Å². The van der Waals surface area contributed by atoms with Crippen molar-refractivity contribution < 1.29 is 0 Å². The average molecular weight is 226 g/mol. The van der Waals surface area contributed by atoms with Gasteiger partial charge in [-0.25, -0.2) is 0 Å². The van der Waals surface area contributed by atoms with Crippen LogP contribution in [0.3, 0.4) is 0 Å². The zero-order valence-electron chi connectivity index (χ0n) is 10.1. The van der Waals surface area contributed by atoms with Gasteiger partial charge in [0.25, 0.3) is 0 Å². The first kappa shape index (κ1) is 10.6. The van der Waals surface area contributed by atoms with Crippen LogP contribution in [-0.2, 0) is 6.54 Å². The van der Waals surface area contributed by atoms with E-state index in [4.69, 9.17) is 5.73 Å². The minimum atomic E-state index is 0.695. The Morgan fingerprint density at radius 3 is 2.53 bits per heavy atom. The third-order valence-electron chi connectivity index (χ3n) is 3.67. The van der Waals surface area contributed by atoms with Gasteiger partial charge in [0.2, 0.25) is 0 Å². The van der Waals surface area contributed by atoms with Crippen LogP contribution in [0.25, 0.3) is 10.8 Å². The average Bonchev–Trinajstić information content (AvgIpc) is 3.03. The van der Waals surface area contributed by atoms with Crippen LogP contribution in [0.1, 0.15) is 18.9 Å². The van der Waals surface area contributed by atoms with Crippen molar-refractivity contribution in [1.82, 2.24) is 5.32 Å². The molecular formula is C15H18N2. The summed E-state index contributed by atoms with van der Waals surface area (Å²) >= 11 is 0. The minimum absolute atomic E-state index is 0.695. The van der Waals surface area contributed by atoms with Crippen LogP contribution in [-0.4, -0.2) is 6.04 Å². The van der Waals surface area contributed by atoms with Crippen LogP contribution in [0.5, 0.6) is 0 Å². The first-order valence-corrected chi connectivity index (χ1v) is 6.24. The standard InChI is InChI=1S/C15H18N2/c1-10-6-15(10)17-9-13-7-11-4-2-3-5-12(11)8-14(13)16/h2-5,7-8,10,15,17H,6,9,16H2,1H3. The minimum Gasteiger partial charge on any atom is -0.398 e. The SMILES string of the molecule is CC1CC1NCc1cc2ccccc2cc1N. The molecular weight excluding hydrogens is 208 g/mol. The molecule has 17 heavy (non-hydrogen) atoms. The number of nitrogen functional groups attached to an aromatic ring is 1. The van der Waals surface area contributed by atoms with Gasteiger partial charge in [-0.3, -0.25) is 0 Å². The second kappa shape index (κ2) is 4.04. The highest BCUT2D eigenvalue weighted by Gasteiger charge is 2.31. The lowest BCUT2D eigenvalue weighted by Gasteiger charge is -2.09. The predicted molar refractivity (Wildman–Crippen MR) is 72.8 cm³/mol. The third kappa shape index (κ3) is 2.13. The number of hydrogen-bond acceptors (Lipinski definition) is 2. The van der Waals surface area contributed by atoms with Gasteiger partial charge in [0.05, 0.1) is 0 Å². The Morgan fingerprint density at radius 2 is 1.88 bits per heavy atom. The smallest absolute Gasteiger partial charge is 0.0366 e. The van der Waals surface area contributed by atoms with Crippen molar-refractivity contribution in [2.24, 2.45) is 5.92 Å². The predicted octanol–water partition coefficient (Wildman–Crippen LogP) is 2.92. The fourth-order valence-corrected chi connectivity index (χ4v) is 2.31. The van der Waals surface area contributed by atoms with Crippen molar-refractivity contribution in [3.8, 4) is 0 Å². The van der Waals surface area contributed by atoms with E-state index in [0.717, 1.165) is 18.2 Å². The molecule has 0 spiro atoms. The summed E-state index contributed by atoms with van der Waals surface area (Å²) < 4.78 is 0. The highest BCUT2D eigenvalue weighted by molar-refractivity contribution is 5.86. The second-order valence-electron chi connectivity index (χ2n) is 5.10. The lowest BCUT2D eigenvalue weighted by atomic mass is 10.1. The Labute approximate surface area is 102 Å². The molecule has 0 aromatic heterocycles. The summed E-state index contributed by atoms with van der Waals surface area (Å²) in [7, 11) is 0. The van der Waals surface area contributed by atoms with Gasteiger partial charge in [-0.2, -0.15) is 0 Å². The third-order valence-corrected chi connectivity index (χ3v) is 3.67. The van der Waals surface area contributed by atoms with Crippen LogP contribution < -0.4 is 11.1 Å². The van der Waals surface area contributed by atoms with Gasteiger partial charge in [-0.05, 0) is 40.8 Å².